The molecule has 1 fully saturated rings. The van der Waals surface area contributed by atoms with Gasteiger partial charge in [0.2, 0.25) is 5.91 Å². The molecule has 7 heteroatoms. The molecule has 0 saturated heterocycles. The van der Waals surface area contributed by atoms with E-state index in [0.717, 1.165) is 30.5 Å². The minimum absolute atomic E-state index is 0. The minimum atomic E-state index is 0. The molecule has 26 heavy (non-hydrogen) atoms. The van der Waals surface area contributed by atoms with Crippen LogP contribution in [0.5, 0.6) is 0 Å². The number of halogens is 1. The molecule has 1 amide bonds. The Labute approximate surface area is 160 Å². The Morgan fingerprint density at radius 2 is 1.88 bits per heavy atom. The fourth-order valence-corrected chi connectivity index (χ4v) is 3.21. The monoisotopic (exact) mass is 375 g/mol. The average molecular weight is 376 g/mol. The maximum atomic E-state index is 11.9. The van der Waals surface area contributed by atoms with Crippen molar-refractivity contribution < 1.29 is 4.79 Å². The average Bonchev–Trinajstić information content (AvgIpc) is 3.05. The first-order valence-corrected chi connectivity index (χ1v) is 8.87. The Kier molecular flexibility index (Phi) is 7.81. The third-order valence-corrected chi connectivity index (χ3v) is 4.65. The molecule has 3 rings (SSSR count). The molecule has 0 radical (unpaired) electrons. The molecular formula is C19H26ClN5O. The highest BCUT2D eigenvalue weighted by Crippen LogP contribution is 2.26. The first-order chi connectivity index (χ1) is 12.2. The molecule has 2 atom stereocenters. The molecule has 6 nitrogen and oxygen atoms in total. The van der Waals surface area contributed by atoms with Crippen LogP contribution in [0.2, 0.25) is 0 Å². The molecule has 2 aromatic rings. The molecule has 1 aromatic carbocycles. The number of hydrogen-bond acceptors (Lipinski definition) is 5. The second-order valence-electron chi connectivity index (χ2n) is 6.51. The third-order valence-electron chi connectivity index (χ3n) is 4.65. The van der Waals surface area contributed by atoms with Crippen molar-refractivity contribution in [3.63, 3.8) is 0 Å². The lowest BCUT2D eigenvalue weighted by molar-refractivity contribution is -0.122. The van der Waals surface area contributed by atoms with Crippen LogP contribution in [0.25, 0.3) is 11.3 Å². The van der Waals surface area contributed by atoms with E-state index in [-0.39, 0.29) is 24.4 Å². The second kappa shape index (κ2) is 10.1. The van der Waals surface area contributed by atoms with E-state index in [4.69, 9.17) is 5.73 Å². The standard InChI is InChI=1S/C19H25N5O.ClH/c20-16-8-4-7-15(16)13-19(25)22-12-11-21-18-10-9-17(23-24-18)14-5-2-1-3-6-14;/h1-3,5-6,9-10,15-16H,4,7-8,11-13,20H2,(H,21,24)(H,22,25);1H/t15-,16+;/m0./s1. The van der Waals surface area contributed by atoms with Gasteiger partial charge in [0.25, 0.3) is 0 Å². The maximum absolute atomic E-state index is 11.9. The molecule has 4 N–H and O–H groups in total. The van der Waals surface area contributed by atoms with Gasteiger partial charge >= 0.3 is 0 Å². The Bertz CT molecular complexity index is 680. The quantitative estimate of drug-likeness (QED) is 0.647. The largest absolute Gasteiger partial charge is 0.367 e. The fourth-order valence-electron chi connectivity index (χ4n) is 3.21. The summed E-state index contributed by atoms with van der Waals surface area (Å²) in [6.45, 7) is 1.17. The molecule has 1 aromatic heterocycles. The van der Waals surface area contributed by atoms with Gasteiger partial charge in [-0.05, 0) is 30.9 Å². The van der Waals surface area contributed by atoms with Gasteiger partial charge in [0.15, 0.2) is 0 Å². The number of carbonyl (C=O) groups is 1. The summed E-state index contributed by atoms with van der Waals surface area (Å²) >= 11 is 0. The van der Waals surface area contributed by atoms with Crippen LogP contribution in [0.1, 0.15) is 25.7 Å². The van der Waals surface area contributed by atoms with E-state index in [1.807, 2.05) is 42.5 Å². The predicted octanol–water partition coefficient (Wildman–Crippen LogP) is 2.61. The summed E-state index contributed by atoms with van der Waals surface area (Å²) in [7, 11) is 0. The van der Waals surface area contributed by atoms with Crippen LogP contribution < -0.4 is 16.4 Å². The number of hydrogen-bond donors (Lipinski definition) is 3. The SMILES string of the molecule is Cl.N[C@@H]1CCC[C@H]1CC(=O)NCCNc1ccc(-c2ccccc2)nn1. The van der Waals surface area contributed by atoms with Gasteiger partial charge in [-0.2, -0.15) is 0 Å². The zero-order chi connectivity index (χ0) is 17.5. The fraction of sp³-hybridized carbons (Fsp3) is 0.421. The summed E-state index contributed by atoms with van der Waals surface area (Å²) in [6.07, 6.45) is 3.78. The highest BCUT2D eigenvalue weighted by molar-refractivity contribution is 5.85. The number of rotatable bonds is 7. The van der Waals surface area contributed by atoms with Crippen LogP contribution in [0.4, 0.5) is 5.82 Å². The van der Waals surface area contributed by atoms with Crippen LogP contribution in [0, 0.1) is 5.92 Å². The molecule has 1 saturated carbocycles. The molecule has 1 heterocycles. The number of nitrogens with zero attached hydrogens (tertiary/aromatic N) is 2. The lowest BCUT2D eigenvalue weighted by atomic mass is 10.00. The minimum Gasteiger partial charge on any atom is -0.367 e. The van der Waals surface area contributed by atoms with E-state index in [0.29, 0.717) is 31.2 Å². The third kappa shape index (κ3) is 5.68. The lowest BCUT2D eigenvalue weighted by Gasteiger charge is -2.14. The van der Waals surface area contributed by atoms with Crippen LogP contribution in [-0.2, 0) is 4.79 Å². The van der Waals surface area contributed by atoms with Crippen molar-refractivity contribution in [3.05, 3.63) is 42.5 Å². The summed E-state index contributed by atoms with van der Waals surface area (Å²) in [4.78, 5) is 11.9. The van der Waals surface area contributed by atoms with Crippen LogP contribution in [-0.4, -0.2) is 35.2 Å². The number of benzene rings is 1. The van der Waals surface area contributed by atoms with Crippen LogP contribution >= 0.6 is 12.4 Å². The van der Waals surface area contributed by atoms with Gasteiger partial charge in [-0.15, -0.1) is 22.6 Å². The normalized spacial score (nSPS) is 18.8. The van der Waals surface area contributed by atoms with Crippen molar-refractivity contribution >= 4 is 24.1 Å². The number of nitrogens with two attached hydrogens (primary N) is 1. The van der Waals surface area contributed by atoms with Gasteiger partial charge in [0.05, 0.1) is 5.69 Å². The van der Waals surface area contributed by atoms with Crippen LogP contribution in [0.3, 0.4) is 0 Å². The van der Waals surface area contributed by atoms with Gasteiger partial charge in [-0.25, -0.2) is 0 Å². The number of anilines is 1. The first-order valence-electron chi connectivity index (χ1n) is 8.87. The number of aromatic nitrogens is 2. The zero-order valence-corrected chi connectivity index (χ0v) is 15.5. The molecule has 140 valence electrons. The lowest BCUT2D eigenvalue weighted by Crippen LogP contribution is -2.33. The van der Waals surface area contributed by atoms with Gasteiger partial charge in [-0.1, -0.05) is 36.8 Å². The maximum Gasteiger partial charge on any atom is 0.220 e. The number of nitrogens with one attached hydrogen (secondary N) is 2. The second-order valence-corrected chi connectivity index (χ2v) is 6.51. The summed E-state index contributed by atoms with van der Waals surface area (Å²) in [6, 6.07) is 13.9. The van der Waals surface area contributed by atoms with E-state index in [1.165, 1.54) is 0 Å². The van der Waals surface area contributed by atoms with Crippen molar-refractivity contribution in [2.75, 3.05) is 18.4 Å². The van der Waals surface area contributed by atoms with E-state index in [1.54, 1.807) is 0 Å². The van der Waals surface area contributed by atoms with Gasteiger partial charge in [-0.3, -0.25) is 4.79 Å². The molecule has 1 aliphatic rings. The Balaban J connectivity index is 0.00000243. The van der Waals surface area contributed by atoms with Crippen molar-refractivity contribution in [2.45, 2.75) is 31.7 Å². The highest BCUT2D eigenvalue weighted by atomic mass is 35.5. The van der Waals surface area contributed by atoms with Crippen molar-refractivity contribution in [1.82, 2.24) is 15.5 Å². The summed E-state index contributed by atoms with van der Waals surface area (Å²) < 4.78 is 0. The van der Waals surface area contributed by atoms with Crippen molar-refractivity contribution in [2.24, 2.45) is 11.7 Å². The van der Waals surface area contributed by atoms with Gasteiger partial charge in [0, 0.05) is 31.1 Å². The Morgan fingerprint density at radius 1 is 1.08 bits per heavy atom. The molecule has 0 aliphatic heterocycles. The highest BCUT2D eigenvalue weighted by Gasteiger charge is 2.25. The zero-order valence-electron chi connectivity index (χ0n) is 14.7. The van der Waals surface area contributed by atoms with Crippen molar-refractivity contribution in [1.29, 1.82) is 0 Å². The topological polar surface area (TPSA) is 92.9 Å². The molecule has 1 aliphatic carbocycles. The number of carbonyl (C=O) groups excluding carboxylic acids is 1. The van der Waals surface area contributed by atoms with E-state index in [9.17, 15) is 4.79 Å². The molecule has 0 unspecified atom stereocenters. The Hall–Kier alpha value is -2.18. The van der Waals surface area contributed by atoms with E-state index in [2.05, 4.69) is 20.8 Å². The molecule has 0 bridgehead atoms. The molecule has 0 spiro atoms. The van der Waals surface area contributed by atoms with Crippen LogP contribution in [0.15, 0.2) is 42.5 Å². The summed E-state index contributed by atoms with van der Waals surface area (Å²) in [5, 5.41) is 14.5. The van der Waals surface area contributed by atoms with E-state index >= 15 is 0 Å². The first kappa shape index (κ1) is 20.1. The Morgan fingerprint density at radius 3 is 2.54 bits per heavy atom. The summed E-state index contributed by atoms with van der Waals surface area (Å²) in [5.74, 6) is 1.12. The smallest absolute Gasteiger partial charge is 0.220 e. The van der Waals surface area contributed by atoms with Gasteiger partial charge < -0.3 is 16.4 Å². The predicted molar refractivity (Wildman–Crippen MR) is 106 cm³/mol. The van der Waals surface area contributed by atoms with Crippen molar-refractivity contribution in [3.8, 4) is 11.3 Å². The summed E-state index contributed by atoms with van der Waals surface area (Å²) in [5.41, 5.74) is 7.89. The van der Waals surface area contributed by atoms with Gasteiger partial charge in [0.1, 0.15) is 5.82 Å². The number of amides is 1. The van der Waals surface area contributed by atoms with E-state index < -0.39 is 0 Å². The molecular weight excluding hydrogens is 350 g/mol.